The molecule has 4 rings (SSSR count). The molecular formula is C25H36N2OS. The van der Waals surface area contributed by atoms with E-state index >= 15 is 0 Å². The summed E-state index contributed by atoms with van der Waals surface area (Å²) >= 11 is 1.91. The van der Waals surface area contributed by atoms with Gasteiger partial charge >= 0.3 is 0 Å². The number of rotatable bonds is 7. The highest BCUT2D eigenvalue weighted by Crippen LogP contribution is 2.37. The Labute approximate surface area is 180 Å². The van der Waals surface area contributed by atoms with Crippen LogP contribution in [0.1, 0.15) is 54.0 Å². The van der Waals surface area contributed by atoms with Crippen molar-refractivity contribution in [2.75, 3.05) is 33.8 Å². The SMILES string of the molecule is COc1cccc([C@@H]2CN(Cc3sccc3C)C[C@H]2CN(C)C2CCCCC2)c1. The third-order valence-corrected chi connectivity index (χ3v) is 8.10. The molecule has 2 heterocycles. The average molecular weight is 413 g/mol. The van der Waals surface area contributed by atoms with Gasteiger partial charge in [0.05, 0.1) is 7.11 Å². The van der Waals surface area contributed by atoms with E-state index in [9.17, 15) is 0 Å². The number of aryl methyl sites for hydroxylation is 1. The first-order valence-corrected chi connectivity index (χ1v) is 12.1. The van der Waals surface area contributed by atoms with Crippen LogP contribution in [0.4, 0.5) is 0 Å². The van der Waals surface area contributed by atoms with E-state index in [1.165, 1.54) is 61.2 Å². The molecule has 4 heteroatoms. The van der Waals surface area contributed by atoms with Gasteiger partial charge in [-0.3, -0.25) is 4.90 Å². The lowest BCUT2D eigenvalue weighted by Gasteiger charge is -2.34. The lowest BCUT2D eigenvalue weighted by atomic mass is 9.87. The molecule has 0 bridgehead atoms. The van der Waals surface area contributed by atoms with Crippen LogP contribution in [0.25, 0.3) is 0 Å². The summed E-state index contributed by atoms with van der Waals surface area (Å²) in [4.78, 5) is 6.88. The van der Waals surface area contributed by atoms with Gasteiger partial charge in [-0.05, 0) is 67.4 Å². The summed E-state index contributed by atoms with van der Waals surface area (Å²) < 4.78 is 5.53. The molecule has 3 nitrogen and oxygen atoms in total. The first-order chi connectivity index (χ1) is 14.1. The Balaban J connectivity index is 1.50. The van der Waals surface area contributed by atoms with Crippen LogP contribution in [0.3, 0.4) is 0 Å². The van der Waals surface area contributed by atoms with Crippen molar-refractivity contribution in [2.24, 2.45) is 5.92 Å². The van der Waals surface area contributed by atoms with Crippen molar-refractivity contribution < 1.29 is 4.74 Å². The summed E-state index contributed by atoms with van der Waals surface area (Å²) in [5.41, 5.74) is 2.88. The van der Waals surface area contributed by atoms with Crippen molar-refractivity contribution in [2.45, 2.75) is 57.5 Å². The quantitative estimate of drug-likeness (QED) is 0.593. The number of ether oxygens (including phenoxy) is 1. The van der Waals surface area contributed by atoms with Crippen molar-refractivity contribution in [1.29, 1.82) is 0 Å². The predicted molar refractivity (Wildman–Crippen MR) is 123 cm³/mol. The van der Waals surface area contributed by atoms with Gasteiger partial charge in [-0.2, -0.15) is 0 Å². The summed E-state index contributed by atoms with van der Waals surface area (Å²) in [6, 6.07) is 11.8. The molecule has 2 aliphatic rings. The van der Waals surface area contributed by atoms with Gasteiger partial charge in [-0.15, -0.1) is 11.3 Å². The number of thiophene rings is 1. The van der Waals surface area contributed by atoms with Gasteiger partial charge in [0.1, 0.15) is 5.75 Å². The maximum Gasteiger partial charge on any atom is 0.119 e. The lowest BCUT2D eigenvalue weighted by Crippen LogP contribution is -2.38. The molecule has 1 aromatic heterocycles. The highest BCUT2D eigenvalue weighted by atomic mass is 32.1. The summed E-state index contributed by atoms with van der Waals surface area (Å²) in [6.45, 7) is 6.87. The fraction of sp³-hybridized carbons (Fsp3) is 0.600. The van der Waals surface area contributed by atoms with Gasteiger partial charge < -0.3 is 9.64 Å². The molecule has 0 amide bonds. The fourth-order valence-electron chi connectivity index (χ4n) is 5.33. The van der Waals surface area contributed by atoms with E-state index < -0.39 is 0 Å². The Hall–Kier alpha value is -1.36. The van der Waals surface area contributed by atoms with Crippen LogP contribution in [0.15, 0.2) is 35.7 Å². The highest BCUT2D eigenvalue weighted by Gasteiger charge is 2.35. The van der Waals surface area contributed by atoms with Crippen molar-refractivity contribution in [3.05, 3.63) is 51.7 Å². The molecule has 1 aliphatic heterocycles. The average Bonchev–Trinajstić information content (AvgIpc) is 3.34. The number of hydrogen-bond acceptors (Lipinski definition) is 4. The molecule has 0 N–H and O–H groups in total. The second-order valence-corrected chi connectivity index (χ2v) is 10.1. The molecular weight excluding hydrogens is 376 g/mol. The van der Waals surface area contributed by atoms with Crippen LogP contribution < -0.4 is 4.74 Å². The maximum absolute atomic E-state index is 5.53. The Bertz CT molecular complexity index is 783. The predicted octanol–water partition coefficient (Wildman–Crippen LogP) is 5.55. The molecule has 2 aromatic rings. The molecule has 1 aliphatic carbocycles. The van der Waals surface area contributed by atoms with Crippen molar-refractivity contribution in [3.63, 3.8) is 0 Å². The van der Waals surface area contributed by atoms with Gasteiger partial charge in [-0.1, -0.05) is 31.4 Å². The standard InChI is InChI=1S/C25H36N2OS/c1-19-12-13-29-25(19)18-27-16-21(15-26(2)22-9-5-4-6-10-22)24(17-27)20-8-7-11-23(14-20)28-3/h7-8,11-14,21-22,24H,4-6,9-10,15-18H2,1-3H3/t21-,24+/m1/s1. The van der Waals surface area contributed by atoms with Gasteiger partial charge in [-0.25, -0.2) is 0 Å². The Kier molecular flexibility index (Phi) is 6.94. The lowest BCUT2D eigenvalue weighted by molar-refractivity contribution is 0.162. The van der Waals surface area contributed by atoms with E-state index in [0.717, 1.165) is 24.9 Å². The molecule has 0 unspecified atom stereocenters. The van der Waals surface area contributed by atoms with Crippen LogP contribution in [0.5, 0.6) is 5.75 Å². The molecule has 1 aromatic carbocycles. The molecule has 1 saturated heterocycles. The molecule has 29 heavy (non-hydrogen) atoms. The summed E-state index contributed by atoms with van der Waals surface area (Å²) in [6.07, 6.45) is 7.00. The monoisotopic (exact) mass is 412 g/mol. The fourth-order valence-corrected chi connectivity index (χ4v) is 6.28. The van der Waals surface area contributed by atoms with Crippen LogP contribution in [0.2, 0.25) is 0 Å². The maximum atomic E-state index is 5.53. The van der Waals surface area contributed by atoms with E-state index in [4.69, 9.17) is 4.74 Å². The third kappa shape index (κ3) is 5.04. The first kappa shape index (κ1) is 20.9. The van der Waals surface area contributed by atoms with Crippen LogP contribution in [0, 0.1) is 12.8 Å². The second kappa shape index (κ2) is 9.63. The summed E-state index contributed by atoms with van der Waals surface area (Å²) in [5.74, 6) is 2.24. The number of methoxy groups -OCH3 is 1. The van der Waals surface area contributed by atoms with Crippen molar-refractivity contribution >= 4 is 11.3 Å². The molecule has 0 spiro atoms. The van der Waals surface area contributed by atoms with Crippen LogP contribution in [-0.2, 0) is 6.54 Å². The van der Waals surface area contributed by atoms with Gasteiger partial charge in [0.15, 0.2) is 0 Å². The number of benzene rings is 1. The molecule has 0 radical (unpaired) electrons. The van der Waals surface area contributed by atoms with Gasteiger partial charge in [0.2, 0.25) is 0 Å². The largest absolute Gasteiger partial charge is 0.497 e. The minimum atomic E-state index is 0.580. The Morgan fingerprint density at radius 2 is 1.97 bits per heavy atom. The zero-order valence-electron chi connectivity index (χ0n) is 18.3. The smallest absolute Gasteiger partial charge is 0.119 e. The van der Waals surface area contributed by atoms with Crippen molar-refractivity contribution in [1.82, 2.24) is 9.80 Å². The normalized spacial score (nSPS) is 23.7. The van der Waals surface area contributed by atoms with Crippen molar-refractivity contribution in [3.8, 4) is 5.75 Å². The zero-order chi connectivity index (χ0) is 20.2. The minimum absolute atomic E-state index is 0.580. The summed E-state index contributed by atoms with van der Waals surface area (Å²) in [7, 11) is 4.14. The topological polar surface area (TPSA) is 15.7 Å². The summed E-state index contributed by atoms with van der Waals surface area (Å²) in [5, 5.41) is 2.23. The van der Waals surface area contributed by atoms with E-state index in [2.05, 4.69) is 59.5 Å². The Morgan fingerprint density at radius 3 is 2.69 bits per heavy atom. The van der Waals surface area contributed by atoms with Gasteiger partial charge in [0.25, 0.3) is 0 Å². The van der Waals surface area contributed by atoms with Crippen LogP contribution >= 0.6 is 11.3 Å². The first-order valence-electron chi connectivity index (χ1n) is 11.2. The van der Waals surface area contributed by atoms with Crippen LogP contribution in [-0.4, -0.2) is 49.6 Å². The van der Waals surface area contributed by atoms with Gasteiger partial charge in [0, 0.05) is 43.0 Å². The minimum Gasteiger partial charge on any atom is -0.497 e. The molecule has 2 atom stereocenters. The third-order valence-electron chi connectivity index (χ3n) is 7.09. The Morgan fingerprint density at radius 1 is 1.14 bits per heavy atom. The van der Waals surface area contributed by atoms with E-state index in [1.54, 1.807) is 7.11 Å². The highest BCUT2D eigenvalue weighted by molar-refractivity contribution is 7.10. The zero-order valence-corrected chi connectivity index (χ0v) is 19.1. The number of likely N-dealkylation sites (tertiary alicyclic amines) is 1. The molecule has 1 saturated carbocycles. The molecule has 2 fully saturated rings. The van der Waals surface area contributed by atoms with E-state index in [-0.39, 0.29) is 0 Å². The number of nitrogens with zero attached hydrogens (tertiary/aromatic N) is 2. The van der Waals surface area contributed by atoms with E-state index in [1.807, 2.05) is 11.3 Å². The number of hydrogen-bond donors (Lipinski definition) is 0. The van der Waals surface area contributed by atoms with E-state index in [0.29, 0.717) is 11.8 Å². The molecule has 158 valence electrons. The second-order valence-electron chi connectivity index (χ2n) is 9.10.